The molecule has 0 radical (unpaired) electrons. The van der Waals surface area contributed by atoms with Gasteiger partial charge in [-0.3, -0.25) is 0 Å². The summed E-state index contributed by atoms with van der Waals surface area (Å²) in [5.41, 5.74) is 0. The molecule has 0 saturated heterocycles. The van der Waals surface area contributed by atoms with E-state index in [0.717, 1.165) is 12.8 Å². The Bertz CT molecular complexity index is 760. The predicted molar refractivity (Wildman–Crippen MR) is 112 cm³/mol. The molecule has 0 unspecified atom stereocenters. The molecule has 0 N–H and O–H groups in total. The van der Waals surface area contributed by atoms with Crippen molar-refractivity contribution in [1.29, 1.82) is 0 Å². The van der Waals surface area contributed by atoms with E-state index >= 15 is 0 Å². The van der Waals surface area contributed by atoms with Gasteiger partial charge in [-0.2, -0.15) is 0 Å². The molecule has 1 aliphatic rings. The average Bonchev–Trinajstić information content (AvgIpc) is 2.75. The van der Waals surface area contributed by atoms with Crippen LogP contribution in [-0.2, 0) is 3.07 Å². The van der Waals surface area contributed by atoms with Crippen molar-refractivity contribution in [3.63, 3.8) is 0 Å². The van der Waals surface area contributed by atoms with Crippen LogP contribution in [0.3, 0.4) is 0 Å². The molecule has 1 aliphatic carbocycles. The van der Waals surface area contributed by atoms with Crippen molar-refractivity contribution in [2.75, 3.05) is 0 Å². The number of hydrogen-bond donors (Lipinski definition) is 0. The van der Waals surface area contributed by atoms with Gasteiger partial charge in [0.1, 0.15) is 0 Å². The average molecular weight is 447 g/mol. The standard InChI is InChI=1S/C6H10O.3C6H5.Sn/c7-6-4-2-1-3-5-6;3*1-2-4-6-5-3-1;/h4,7H,1-3,5H2;3*1-5H;/q;;;;+1/p-1. The predicted octanol–water partition coefficient (Wildman–Crippen LogP) is 4.13. The molecule has 0 atom stereocenters. The Hall–Kier alpha value is -2.00. The zero-order valence-corrected chi connectivity index (χ0v) is 17.8. The van der Waals surface area contributed by atoms with Crippen LogP contribution < -0.4 is 10.7 Å². The van der Waals surface area contributed by atoms with Gasteiger partial charge in [-0.25, -0.2) is 0 Å². The summed E-state index contributed by atoms with van der Waals surface area (Å²) in [4.78, 5) is 0. The van der Waals surface area contributed by atoms with Gasteiger partial charge in [-0.1, -0.05) is 0 Å². The van der Waals surface area contributed by atoms with Crippen molar-refractivity contribution < 1.29 is 3.07 Å². The fourth-order valence-corrected chi connectivity index (χ4v) is 15.0. The normalized spacial score (nSPS) is 14.5. The van der Waals surface area contributed by atoms with E-state index in [2.05, 4.69) is 97.1 Å². The summed E-state index contributed by atoms with van der Waals surface area (Å²) in [5, 5.41) is 0. The quantitative estimate of drug-likeness (QED) is 0.535. The number of allylic oxidation sites excluding steroid dienone is 2. The van der Waals surface area contributed by atoms with Crippen molar-refractivity contribution in [3.8, 4) is 0 Å². The SMILES string of the molecule is C1=C([O][Sn]([c]2ccccc2)([c]2ccccc2)[c]2ccccc2)CCCC1. The van der Waals surface area contributed by atoms with Gasteiger partial charge in [0.15, 0.2) is 0 Å². The van der Waals surface area contributed by atoms with Gasteiger partial charge < -0.3 is 0 Å². The van der Waals surface area contributed by atoms with Crippen LogP contribution in [0, 0.1) is 0 Å². The Morgan fingerprint density at radius 3 is 1.42 bits per heavy atom. The Morgan fingerprint density at radius 2 is 1.04 bits per heavy atom. The van der Waals surface area contributed by atoms with E-state index in [9.17, 15) is 0 Å². The van der Waals surface area contributed by atoms with Crippen molar-refractivity contribution in [2.45, 2.75) is 25.7 Å². The van der Waals surface area contributed by atoms with Crippen molar-refractivity contribution in [1.82, 2.24) is 0 Å². The topological polar surface area (TPSA) is 9.23 Å². The summed E-state index contributed by atoms with van der Waals surface area (Å²) >= 11 is -3.58. The van der Waals surface area contributed by atoms with Gasteiger partial charge in [-0.15, -0.1) is 0 Å². The monoisotopic (exact) mass is 448 g/mol. The maximum atomic E-state index is 7.11. The number of rotatable bonds is 5. The molecule has 0 saturated carbocycles. The molecule has 0 aliphatic heterocycles. The van der Waals surface area contributed by atoms with Crippen molar-refractivity contribution in [2.24, 2.45) is 0 Å². The molecule has 3 aromatic carbocycles. The van der Waals surface area contributed by atoms with Crippen molar-refractivity contribution in [3.05, 3.63) is 103 Å². The number of hydrogen-bond acceptors (Lipinski definition) is 1. The first-order valence-electron chi connectivity index (χ1n) is 9.44. The fraction of sp³-hybridized carbons (Fsp3) is 0.167. The molecule has 3 aromatic rings. The third-order valence-electron chi connectivity index (χ3n) is 5.07. The zero-order valence-electron chi connectivity index (χ0n) is 15.0. The van der Waals surface area contributed by atoms with Crippen LogP contribution in [0.5, 0.6) is 0 Å². The van der Waals surface area contributed by atoms with Crippen LogP contribution >= 0.6 is 0 Å². The van der Waals surface area contributed by atoms with E-state index in [1.54, 1.807) is 0 Å². The van der Waals surface area contributed by atoms with Crippen LogP contribution in [0.4, 0.5) is 0 Å². The summed E-state index contributed by atoms with van der Waals surface area (Å²) < 4.78 is 11.2. The molecule has 26 heavy (non-hydrogen) atoms. The van der Waals surface area contributed by atoms with Gasteiger partial charge in [-0.05, 0) is 0 Å². The van der Waals surface area contributed by atoms with Gasteiger partial charge in [0, 0.05) is 0 Å². The van der Waals surface area contributed by atoms with Gasteiger partial charge in [0.05, 0.1) is 0 Å². The molecule has 0 bridgehead atoms. The zero-order chi connectivity index (χ0) is 17.7. The molecule has 0 spiro atoms. The van der Waals surface area contributed by atoms with Crippen LogP contribution in [0.1, 0.15) is 25.7 Å². The Balaban J connectivity index is 1.95. The second kappa shape index (κ2) is 8.13. The summed E-state index contributed by atoms with van der Waals surface area (Å²) in [6, 6.07) is 32.7. The molecule has 0 fully saturated rings. The van der Waals surface area contributed by atoms with Gasteiger partial charge in [0.25, 0.3) is 0 Å². The molecule has 0 amide bonds. The molecular weight excluding hydrogens is 423 g/mol. The molecule has 2 heteroatoms. The van der Waals surface area contributed by atoms with Crippen molar-refractivity contribution >= 4 is 29.5 Å². The van der Waals surface area contributed by atoms with Crippen LogP contribution in [0.15, 0.2) is 103 Å². The molecule has 4 rings (SSSR count). The van der Waals surface area contributed by atoms with Crippen LogP contribution in [-0.4, -0.2) is 18.8 Å². The van der Waals surface area contributed by atoms with Gasteiger partial charge in [0.2, 0.25) is 0 Å². The third kappa shape index (κ3) is 3.45. The number of benzene rings is 3. The molecule has 130 valence electrons. The fourth-order valence-electron chi connectivity index (χ4n) is 3.79. The van der Waals surface area contributed by atoms with Gasteiger partial charge >= 0.3 is 161 Å². The summed E-state index contributed by atoms with van der Waals surface area (Å²) in [5.74, 6) is 1.20. The summed E-state index contributed by atoms with van der Waals surface area (Å²) in [7, 11) is 0. The first-order valence-corrected chi connectivity index (χ1v) is 14.9. The summed E-state index contributed by atoms with van der Waals surface area (Å²) in [6.07, 6.45) is 7.02. The Morgan fingerprint density at radius 1 is 0.577 bits per heavy atom. The molecule has 0 aromatic heterocycles. The Kier molecular flexibility index (Phi) is 5.45. The van der Waals surface area contributed by atoms with E-state index in [1.165, 1.54) is 29.3 Å². The van der Waals surface area contributed by atoms with E-state index in [4.69, 9.17) is 3.07 Å². The summed E-state index contributed by atoms with van der Waals surface area (Å²) in [6.45, 7) is 0. The van der Waals surface area contributed by atoms with Crippen LogP contribution in [0.2, 0.25) is 0 Å². The maximum absolute atomic E-state index is 7.11. The van der Waals surface area contributed by atoms with E-state index in [-0.39, 0.29) is 0 Å². The van der Waals surface area contributed by atoms with E-state index < -0.39 is 18.8 Å². The second-order valence-corrected chi connectivity index (χ2v) is 16.2. The first-order chi connectivity index (χ1) is 12.9. The molecule has 0 heterocycles. The first kappa shape index (κ1) is 17.4. The second-order valence-electron chi connectivity index (χ2n) is 6.80. The molecular formula is C24H24OSn. The Labute approximate surface area is 160 Å². The van der Waals surface area contributed by atoms with Crippen LogP contribution in [0.25, 0.3) is 0 Å². The third-order valence-corrected chi connectivity index (χ3v) is 16.5. The van der Waals surface area contributed by atoms with E-state index in [0.29, 0.717) is 0 Å². The minimum absolute atomic E-state index is 1.06. The minimum atomic E-state index is -3.58. The molecule has 1 nitrogen and oxygen atoms in total. The van der Waals surface area contributed by atoms with E-state index in [1.807, 2.05) is 0 Å².